The average molecular weight is 363 g/mol. The van der Waals surface area contributed by atoms with Crippen molar-refractivity contribution in [2.24, 2.45) is 5.14 Å². The Morgan fingerprint density at radius 2 is 2.10 bits per heavy atom. The third-order valence-electron chi connectivity index (χ3n) is 2.59. The highest BCUT2D eigenvalue weighted by Crippen LogP contribution is 2.26. The first-order valence-electron chi connectivity index (χ1n) is 5.76. The molecule has 20 heavy (non-hydrogen) atoms. The Hall–Kier alpha value is -1.32. The van der Waals surface area contributed by atoms with Crippen molar-refractivity contribution < 1.29 is 12.8 Å². The van der Waals surface area contributed by atoms with Gasteiger partial charge in [0.25, 0.3) is 15.2 Å². The molecule has 0 fully saturated rings. The SMILES string of the molecule is CCCn1c(-c2cc(Br)ccc2F)nnc1S(N)(=O)=O. The summed E-state index contributed by atoms with van der Waals surface area (Å²) in [7, 11) is -4.01. The molecule has 0 unspecified atom stereocenters. The number of nitrogens with two attached hydrogens (primary N) is 1. The molecule has 1 aromatic heterocycles. The second-order valence-electron chi connectivity index (χ2n) is 4.13. The van der Waals surface area contributed by atoms with Gasteiger partial charge < -0.3 is 0 Å². The van der Waals surface area contributed by atoms with Gasteiger partial charge in [-0.15, -0.1) is 10.2 Å². The first kappa shape index (κ1) is 15.1. The summed E-state index contributed by atoms with van der Waals surface area (Å²) in [5, 5.41) is 12.1. The van der Waals surface area contributed by atoms with Crippen LogP contribution in [0, 0.1) is 5.82 Å². The molecule has 0 atom stereocenters. The summed E-state index contributed by atoms with van der Waals surface area (Å²) in [6.07, 6.45) is 0.628. The molecule has 0 bridgehead atoms. The third-order valence-corrected chi connectivity index (χ3v) is 3.89. The van der Waals surface area contributed by atoms with Gasteiger partial charge in [0.15, 0.2) is 5.82 Å². The van der Waals surface area contributed by atoms with Crippen LogP contribution in [0.3, 0.4) is 0 Å². The van der Waals surface area contributed by atoms with Crippen molar-refractivity contribution in [3.8, 4) is 11.4 Å². The summed E-state index contributed by atoms with van der Waals surface area (Å²) in [6.45, 7) is 2.17. The Bertz CT molecular complexity index is 745. The van der Waals surface area contributed by atoms with Crippen LogP contribution in [0.25, 0.3) is 11.4 Å². The summed E-state index contributed by atoms with van der Waals surface area (Å²) in [5.41, 5.74) is 0.162. The molecular formula is C11H12BrFN4O2S. The molecule has 1 aromatic carbocycles. The summed E-state index contributed by atoms with van der Waals surface area (Å²) >= 11 is 3.24. The van der Waals surface area contributed by atoms with Gasteiger partial charge >= 0.3 is 0 Å². The predicted octanol–water partition coefficient (Wildman–Crippen LogP) is 1.90. The van der Waals surface area contributed by atoms with E-state index in [0.717, 1.165) is 0 Å². The van der Waals surface area contributed by atoms with E-state index in [2.05, 4.69) is 26.1 Å². The summed E-state index contributed by atoms with van der Waals surface area (Å²) in [6, 6.07) is 4.32. The van der Waals surface area contributed by atoms with E-state index in [9.17, 15) is 12.8 Å². The highest BCUT2D eigenvalue weighted by molar-refractivity contribution is 9.10. The normalized spacial score (nSPS) is 11.8. The maximum absolute atomic E-state index is 13.9. The minimum absolute atomic E-state index is 0.134. The van der Waals surface area contributed by atoms with Crippen LogP contribution in [-0.2, 0) is 16.6 Å². The Morgan fingerprint density at radius 1 is 1.40 bits per heavy atom. The van der Waals surface area contributed by atoms with Gasteiger partial charge in [-0.25, -0.2) is 17.9 Å². The predicted molar refractivity (Wildman–Crippen MR) is 74.8 cm³/mol. The van der Waals surface area contributed by atoms with Crippen molar-refractivity contribution >= 4 is 26.0 Å². The van der Waals surface area contributed by atoms with Crippen LogP contribution in [0.4, 0.5) is 4.39 Å². The van der Waals surface area contributed by atoms with Gasteiger partial charge in [-0.2, -0.15) is 0 Å². The monoisotopic (exact) mass is 362 g/mol. The topological polar surface area (TPSA) is 90.9 Å². The van der Waals surface area contributed by atoms with Gasteiger partial charge in [-0.3, -0.25) is 4.57 Å². The van der Waals surface area contributed by atoms with Crippen LogP contribution in [0.2, 0.25) is 0 Å². The summed E-state index contributed by atoms with van der Waals surface area (Å²) in [5.74, 6) is -0.381. The number of hydrogen-bond donors (Lipinski definition) is 1. The molecule has 0 saturated heterocycles. The average Bonchev–Trinajstić information content (AvgIpc) is 2.76. The number of nitrogens with zero attached hydrogens (tertiary/aromatic N) is 3. The van der Waals surface area contributed by atoms with E-state index < -0.39 is 15.8 Å². The molecule has 0 aliphatic heterocycles. The van der Waals surface area contributed by atoms with Crippen LogP contribution < -0.4 is 5.14 Å². The molecule has 2 rings (SSSR count). The van der Waals surface area contributed by atoms with Crippen molar-refractivity contribution in [3.63, 3.8) is 0 Å². The molecule has 0 aliphatic rings. The van der Waals surface area contributed by atoms with Crippen molar-refractivity contribution in [2.75, 3.05) is 0 Å². The molecular weight excluding hydrogens is 351 g/mol. The Balaban J connectivity index is 2.69. The van der Waals surface area contributed by atoms with Crippen molar-refractivity contribution in [1.82, 2.24) is 14.8 Å². The van der Waals surface area contributed by atoms with Gasteiger partial charge in [-0.05, 0) is 24.6 Å². The van der Waals surface area contributed by atoms with E-state index in [1.165, 1.54) is 16.7 Å². The molecule has 2 N–H and O–H groups in total. The molecule has 6 nitrogen and oxygen atoms in total. The van der Waals surface area contributed by atoms with Crippen molar-refractivity contribution in [2.45, 2.75) is 25.0 Å². The quantitative estimate of drug-likeness (QED) is 0.898. The molecule has 1 heterocycles. The minimum Gasteiger partial charge on any atom is -0.297 e. The van der Waals surface area contributed by atoms with Gasteiger partial charge in [0.1, 0.15) is 5.82 Å². The van der Waals surface area contributed by atoms with Crippen molar-refractivity contribution in [3.05, 3.63) is 28.5 Å². The van der Waals surface area contributed by atoms with Gasteiger partial charge in [0.2, 0.25) is 0 Å². The molecule has 0 radical (unpaired) electrons. The number of hydrogen-bond acceptors (Lipinski definition) is 4. The zero-order chi connectivity index (χ0) is 14.9. The maximum atomic E-state index is 13.9. The largest absolute Gasteiger partial charge is 0.297 e. The molecule has 0 saturated carbocycles. The first-order chi connectivity index (χ1) is 9.34. The number of halogens is 2. The van der Waals surface area contributed by atoms with Gasteiger partial charge in [0, 0.05) is 11.0 Å². The van der Waals surface area contributed by atoms with Crippen LogP contribution in [0.15, 0.2) is 27.8 Å². The lowest BCUT2D eigenvalue weighted by Gasteiger charge is -2.08. The zero-order valence-corrected chi connectivity index (χ0v) is 12.9. The number of primary sulfonamides is 1. The lowest BCUT2D eigenvalue weighted by atomic mass is 10.2. The van der Waals surface area contributed by atoms with E-state index in [1.807, 2.05) is 6.92 Å². The minimum atomic E-state index is -4.01. The second kappa shape index (κ2) is 5.58. The molecule has 0 aliphatic carbocycles. The number of sulfonamides is 1. The lowest BCUT2D eigenvalue weighted by Crippen LogP contribution is -2.19. The van der Waals surface area contributed by atoms with E-state index in [4.69, 9.17) is 5.14 Å². The van der Waals surface area contributed by atoms with Crippen LogP contribution in [-0.4, -0.2) is 23.2 Å². The highest BCUT2D eigenvalue weighted by atomic mass is 79.9. The first-order valence-corrected chi connectivity index (χ1v) is 8.10. The molecule has 9 heteroatoms. The zero-order valence-electron chi connectivity index (χ0n) is 10.5. The molecule has 0 spiro atoms. The number of benzene rings is 1. The Kier molecular flexibility index (Phi) is 4.21. The smallest absolute Gasteiger partial charge is 0.273 e. The third kappa shape index (κ3) is 2.89. The van der Waals surface area contributed by atoms with E-state index in [-0.39, 0.29) is 16.5 Å². The molecule has 108 valence electrons. The van der Waals surface area contributed by atoms with Crippen LogP contribution >= 0.6 is 15.9 Å². The van der Waals surface area contributed by atoms with Crippen molar-refractivity contribution in [1.29, 1.82) is 0 Å². The number of aromatic nitrogens is 3. The molecule has 2 aromatic rings. The number of rotatable bonds is 4. The van der Waals surface area contributed by atoms with E-state index in [1.54, 1.807) is 6.07 Å². The van der Waals surface area contributed by atoms with Crippen LogP contribution in [0.5, 0.6) is 0 Å². The fourth-order valence-electron chi connectivity index (χ4n) is 1.79. The van der Waals surface area contributed by atoms with Gasteiger partial charge in [-0.1, -0.05) is 22.9 Å². The standard InChI is InChI=1S/C11H12BrFN4O2S/c1-2-5-17-10(15-16-11(17)20(14,18)19)8-6-7(12)3-4-9(8)13/h3-4,6H,2,5H2,1H3,(H2,14,18,19). The Labute approximate surface area is 124 Å². The van der Waals surface area contributed by atoms with Gasteiger partial charge in [0.05, 0.1) is 5.56 Å². The highest BCUT2D eigenvalue weighted by Gasteiger charge is 2.23. The van der Waals surface area contributed by atoms with E-state index >= 15 is 0 Å². The summed E-state index contributed by atoms with van der Waals surface area (Å²) in [4.78, 5) is 0. The summed E-state index contributed by atoms with van der Waals surface area (Å²) < 4.78 is 38.8. The lowest BCUT2D eigenvalue weighted by molar-refractivity contribution is 0.558. The fraction of sp³-hybridized carbons (Fsp3) is 0.273. The van der Waals surface area contributed by atoms with E-state index in [0.29, 0.717) is 17.4 Å². The second-order valence-corrected chi connectivity index (χ2v) is 6.50. The van der Waals surface area contributed by atoms with Crippen LogP contribution in [0.1, 0.15) is 13.3 Å². The Morgan fingerprint density at radius 3 is 2.70 bits per heavy atom. The maximum Gasteiger partial charge on any atom is 0.273 e. The molecule has 0 amide bonds. The fourth-order valence-corrected chi connectivity index (χ4v) is 2.79.